The van der Waals surface area contributed by atoms with Crippen molar-refractivity contribution in [1.29, 1.82) is 0 Å². The van der Waals surface area contributed by atoms with Crippen molar-refractivity contribution in [3.63, 3.8) is 0 Å². The van der Waals surface area contributed by atoms with E-state index in [1.54, 1.807) is 11.4 Å². The van der Waals surface area contributed by atoms with Crippen LogP contribution in [0.25, 0.3) is 0 Å². The molecule has 3 N–H and O–H groups in total. The summed E-state index contributed by atoms with van der Waals surface area (Å²) in [7, 11) is 0. The Morgan fingerprint density at radius 3 is 2.75 bits per heavy atom. The number of halogens is 1. The molecule has 6 nitrogen and oxygen atoms in total. The number of primary amides is 1. The molecule has 1 aromatic carbocycles. The van der Waals surface area contributed by atoms with Crippen molar-refractivity contribution < 1.29 is 14.1 Å². The monoisotopic (exact) mass is 295 g/mol. The van der Waals surface area contributed by atoms with Gasteiger partial charge in [0.2, 0.25) is 5.91 Å². The first-order valence-electron chi connectivity index (χ1n) is 5.52. The first kappa shape index (κ1) is 13.9. The number of hydrogen-bond donors (Lipinski definition) is 2. The molecule has 0 bridgehead atoms. The quantitative estimate of drug-likeness (QED) is 0.654. The van der Waals surface area contributed by atoms with E-state index in [-0.39, 0.29) is 11.4 Å². The number of thiophene rings is 1. The van der Waals surface area contributed by atoms with Crippen molar-refractivity contribution in [1.82, 2.24) is 0 Å². The van der Waals surface area contributed by atoms with Crippen LogP contribution in [0.3, 0.4) is 0 Å². The average molecular weight is 295 g/mol. The zero-order valence-corrected chi connectivity index (χ0v) is 10.9. The van der Waals surface area contributed by atoms with Gasteiger partial charge in [-0.25, -0.2) is 4.39 Å². The standard InChI is InChI=1S/C12H10FN3O3S/c13-10-4-8(16(18)19)1-2-11(10)15-5-9-3-7(6-20-9)12(14)17/h1-4,6,15H,5H2,(H2,14,17). The maximum absolute atomic E-state index is 13.6. The molecule has 0 aliphatic rings. The van der Waals surface area contributed by atoms with Gasteiger partial charge in [-0.1, -0.05) is 0 Å². The molecule has 0 fully saturated rings. The SMILES string of the molecule is NC(=O)c1csc(CNc2ccc([N+](=O)[O-])cc2F)c1. The number of nitrogens with zero attached hydrogens (tertiary/aromatic N) is 1. The molecule has 0 saturated heterocycles. The molecule has 20 heavy (non-hydrogen) atoms. The van der Waals surface area contributed by atoms with E-state index in [9.17, 15) is 19.3 Å². The Balaban J connectivity index is 2.06. The Kier molecular flexibility index (Phi) is 3.94. The maximum Gasteiger partial charge on any atom is 0.272 e. The molecule has 2 aromatic rings. The second-order valence-electron chi connectivity index (χ2n) is 3.94. The van der Waals surface area contributed by atoms with Crippen molar-refractivity contribution in [3.05, 3.63) is 56.0 Å². The van der Waals surface area contributed by atoms with Crippen molar-refractivity contribution in [2.75, 3.05) is 5.32 Å². The average Bonchev–Trinajstić information content (AvgIpc) is 2.86. The van der Waals surface area contributed by atoms with E-state index in [2.05, 4.69) is 5.32 Å². The van der Waals surface area contributed by atoms with E-state index in [1.165, 1.54) is 23.5 Å². The summed E-state index contributed by atoms with van der Waals surface area (Å²) >= 11 is 1.32. The van der Waals surface area contributed by atoms with Crippen LogP contribution in [-0.4, -0.2) is 10.8 Å². The lowest BCUT2D eigenvalue weighted by Crippen LogP contribution is -2.09. The Labute approximate surface area is 117 Å². The van der Waals surface area contributed by atoms with Crippen LogP contribution in [0.1, 0.15) is 15.2 Å². The third-order valence-corrected chi connectivity index (χ3v) is 3.49. The fourth-order valence-electron chi connectivity index (χ4n) is 1.55. The molecule has 0 atom stereocenters. The predicted octanol–water partition coefficient (Wildman–Crippen LogP) is 2.51. The van der Waals surface area contributed by atoms with Gasteiger partial charge >= 0.3 is 0 Å². The number of carbonyl (C=O) groups is 1. The zero-order chi connectivity index (χ0) is 14.7. The third kappa shape index (κ3) is 3.09. The smallest absolute Gasteiger partial charge is 0.272 e. The fourth-order valence-corrected chi connectivity index (χ4v) is 2.36. The Morgan fingerprint density at radius 2 is 2.20 bits per heavy atom. The number of nitro benzene ring substituents is 1. The van der Waals surface area contributed by atoms with Crippen LogP contribution < -0.4 is 11.1 Å². The second kappa shape index (κ2) is 5.66. The zero-order valence-electron chi connectivity index (χ0n) is 10.1. The summed E-state index contributed by atoms with van der Waals surface area (Å²) in [6.07, 6.45) is 0. The minimum atomic E-state index is -0.703. The van der Waals surface area contributed by atoms with Crippen molar-refractivity contribution in [3.8, 4) is 0 Å². The summed E-state index contributed by atoms with van der Waals surface area (Å²) in [6.45, 7) is 0.298. The molecule has 0 aliphatic carbocycles. The minimum absolute atomic E-state index is 0.157. The normalized spacial score (nSPS) is 10.2. The molecule has 1 aromatic heterocycles. The summed E-state index contributed by atoms with van der Waals surface area (Å²) in [6, 6.07) is 4.99. The van der Waals surface area contributed by atoms with E-state index in [4.69, 9.17) is 5.73 Å². The number of amides is 1. The molecule has 104 valence electrons. The van der Waals surface area contributed by atoms with Gasteiger partial charge in [0.25, 0.3) is 5.69 Å². The summed E-state index contributed by atoms with van der Waals surface area (Å²) < 4.78 is 13.6. The number of benzene rings is 1. The molecule has 8 heteroatoms. The topological polar surface area (TPSA) is 98.3 Å². The third-order valence-electron chi connectivity index (χ3n) is 2.55. The molecule has 0 saturated carbocycles. The Bertz CT molecular complexity index is 672. The van der Waals surface area contributed by atoms with Crippen LogP contribution >= 0.6 is 11.3 Å². The first-order valence-corrected chi connectivity index (χ1v) is 6.40. The molecule has 1 heterocycles. The van der Waals surface area contributed by atoms with Crippen molar-refractivity contribution in [2.24, 2.45) is 5.73 Å². The van der Waals surface area contributed by atoms with E-state index >= 15 is 0 Å². The molecule has 0 unspecified atom stereocenters. The van der Waals surface area contributed by atoms with Crippen molar-refractivity contribution in [2.45, 2.75) is 6.54 Å². The van der Waals surface area contributed by atoms with Gasteiger partial charge < -0.3 is 11.1 Å². The number of nitrogens with two attached hydrogens (primary N) is 1. The van der Waals surface area contributed by atoms with Gasteiger partial charge in [-0.3, -0.25) is 14.9 Å². The number of carbonyl (C=O) groups excluding carboxylic acids is 1. The molecular weight excluding hydrogens is 285 g/mol. The number of anilines is 1. The van der Waals surface area contributed by atoms with E-state index in [0.29, 0.717) is 12.1 Å². The van der Waals surface area contributed by atoms with Crippen LogP contribution in [0, 0.1) is 15.9 Å². The van der Waals surface area contributed by atoms with Gasteiger partial charge in [-0.15, -0.1) is 11.3 Å². The number of hydrogen-bond acceptors (Lipinski definition) is 5. The van der Waals surface area contributed by atoms with Gasteiger partial charge in [-0.2, -0.15) is 0 Å². The summed E-state index contributed by atoms with van der Waals surface area (Å²) in [5.74, 6) is -1.22. The lowest BCUT2D eigenvalue weighted by molar-refractivity contribution is -0.385. The summed E-state index contributed by atoms with van der Waals surface area (Å²) in [5.41, 5.74) is 5.38. The molecule has 0 spiro atoms. The number of nitrogens with one attached hydrogen (secondary N) is 1. The number of nitro groups is 1. The van der Waals surface area contributed by atoms with Crippen LogP contribution in [-0.2, 0) is 6.54 Å². The molecular formula is C12H10FN3O3S. The van der Waals surface area contributed by atoms with Crippen LogP contribution in [0.2, 0.25) is 0 Å². The first-order chi connectivity index (χ1) is 9.47. The van der Waals surface area contributed by atoms with Gasteiger partial charge in [0.05, 0.1) is 22.2 Å². The highest BCUT2D eigenvalue weighted by atomic mass is 32.1. The molecule has 1 amide bonds. The molecule has 0 aliphatic heterocycles. The highest BCUT2D eigenvalue weighted by molar-refractivity contribution is 7.10. The van der Waals surface area contributed by atoms with E-state index in [1.807, 2.05) is 0 Å². The van der Waals surface area contributed by atoms with E-state index < -0.39 is 16.6 Å². The minimum Gasteiger partial charge on any atom is -0.378 e. The van der Waals surface area contributed by atoms with Crippen LogP contribution in [0.15, 0.2) is 29.6 Å². The van der Waals surface area contributed by atoms with E-state index in [0.717, 1.165) is 10.9 Å². The molecule has 0 radical (unpaired) electrons. The van der Waals surface area contributed by atoms with Gasteiger partial charge in [0.15, 0.2) is 5.82 Å². The summed E-state index contributed by atoms with van der Waals surface area (Å²) in [4.78, 5) is 21.6. The Morgan fingerprint density at radius 1 is 1.45 bits per heavy atom. The lowest BCUT2D eigenvalue weighted by atomic mass is 10.2. The predicted molar refractivity (Wildman–Crippen MR) is 73.2 cm³/mol. The largest absolute Gasteiger partial charge is 0.378 e. The van der Waals surface area contributed by atoms with Gasteiger partial charge in [0, 0.05) is 22.9 Å². The lowest BCUT2D eigenvalue weighted by Gasteiger charge is -2.05. The summed E-state index contributed by atoms with van der Waals surface area (Å²) in [5, 5.41) is 14.9. The highest BCUT2D eigenvalue weighted by Crippen LogP contribution is 2.22. The van der Waals surface area contributed by atoms with Gasteiger partial charge in [0.1, 0.15) is 0 Å². The fraction of sp³-hybridized carbons (Fsp3) is 0.0833. The highest BCUT2D eigenvalue weighted by Gasteiger charge is 2.11. The van der Waals surface area contributed by atoms with Crippen LogP contribution in [0.4, 0.5) is 15.8 Å². The second-order valence-corrected chi connectivity index (χ2v) is 4.94. The Hall–Kier alpha value is -2.48. The van der Waals surface area contributed by atoms with Crippen molar-refractivity contribution >= 4 is 28.6 Å². The molecule has 2 rings (SSSR count). The van der Waals surface area contributed by atoms with Crippen LogP contribution in [0.5, 0.6) is 0 Å². The number of non-ortho nitro benzene ring substituents is 1. The maximum atomic E-state index is 13.6. The number of rotatable bonds is 5. The van der Waals surface area contributed by atoms with Gasteiger partial charge in [-0.05, 0) is 12.1 Å².